The third-order valence-electron chi connectivity index (χ3n) is 4.49. The zero-order chi connectivity index (χ0) is 19.3. The molecule has 3 aromatic rings. The highest BCUT2D eigenvalue weighted by Gasteiger charge is 2.30. The standard InChI is InChI=1S/C20H23N3O2S2/c1-11-5-6-14-13(9-11)22-18(27-14)16-12-7-8-23(10-15(12)26-17(16)21)19(24)25-20(2,3)4/h5-6,9H,7-8,10,21H2,1-4H3. The van der Waals surface area contributed by atoms with Gasteiger partial charge in [0.2, 0.25) is 0 Å². The summed E-state index contributed by atoms with van der Waals surface area (Å²) in [6.07, 6.45) is 0.504. The summed E-state index contributed by atoms with van der Waals surface area (Å²) in [5.41, 5.74) is 10.4. The van der Waals surface area contributed by atoms with Gasteiger partial charge >= 0.3 is 6.09 Å². The SMILES string of the molecule is Cc1ccc2sc(-c3c(N)sc4c3CCN(C(=O)OC(C)(C)C)C4)nc2c1. The van der Waals surface area contributed by atoms with Gasteiger partial charge in [-0.25, -0.2) is 9.78 Å². The van der Waals surface area contributed by atoms with E-state index < -0.39 is 5.60 Å². The number of thiophene rings is 1. The first kappa shape index (κ1) is 18.3. The number of anilines is 1. The minimum Gasteiger partial charge on any atom is -0.444 e. The van der Waals surface area contributed by atoms with Crippen LogP contribution >= 0.6 is 22.7 Å². The van der Waals surface area contributed by atoms with Crippen molar-refractivity contribution in [1.82, 2.24) is 9.88 Å². The zero-order valence-electron chi connectivity index (χ0n) is 16.0. The second-order valence-corrected chi connectivity index (χ2v) is 10.1. The maximum atomic E-state index is 12.4. The van der Waals surface area contributed by atoms with Gasteiger partial charge < -0.3 is 15.4 Å². The molecule has 3 heterocycles. The highest BCUT2D eigenvalue weighted by molar-refractivity contribution is 7.22. The number of thiazole rings is 1. The van der Waals surface area contributed by atoms with Crippen molar-refractivity contribution in [2.75, 3.05) is 12.3 Å². The van der Waals surface area contributed by atoms with E-state index in [0.717, 1.165) is 32.4 Å². The number of hydrogen-bond acceptors (Lipinski definition) is 6. The number of carbonyl (C=O) groups is 1. The number of nitrogen functional groups attached to an aromatic ring is 1. The molecule has 0 fully saturated rings. The molecule has 0 saturated carbocycles. The van der Waals surface area contributed by atoms with E-state index in [1.54, 1.807) is 27.6 Å². The molecule has 1 aliphatic heterocycles. The molecule has 1 amide bonds. The molecular formula is C20H23N3O2S2. The molecule has 2 aromatic heterocycles. The number of ether oxygens (including phenoxy) is 1. The van der Waals surface area contributed by atoms with Crippen LogP contribution in [0.2, 0.25) is 0 Å². The number of hydrogen-bond donors (Lipinski definition) is 1. The third kappa shape index (κ3) is 3.53. The highest BCUT2D eigenvalue weighted by atomic mass is 32.1. The van der Waals surface area contributed by atoms with Crippen LogP contribution in [0.5, 0.6) is 0 Å². The lowest BCUT2D eigenvalue weighted by Gasteiger charge is -2.30. The smallest absolute Gasteiger partial charge is 0.410 e. The summed E-state index contributed by atoms with van der Waals surface area (Å²) in [6, 6.07) is 6.33. The molecule has 142 valence electrons. The molecule has 0 unspecified atom stereocenters. The van der Waals surface area contributed by atoms with Gasteiger partial charge in [-0.2, -0.15) is 0 Å². The molecule has 0 atom stereocenters. The van der Waals surface area contributed by atoms with Crippen molar-refractivity contribution in [3.8, 4) is 10.6 Å². The Balaban J connectivity index is 1.65. The second-order valence-electron chi connectivity index (χ2n) is 7.89. The Kier molecular flexibility index (Phi) is 4.39. The largest absolute Gasteiger partial charge is 0.444 e. The van der Waals surface area contributed by atoms with Crippen LogP contribution in [0, 0.1) is 6.92 Å². The number of amides is 1. The number of aromatic nitrogens is 1. The van der Waals surface area contributed by atoms with Crippen LogP contribution in [0.3, 0.4) is 0 Å². The zero-order valence-corrected chi connectivity index (χ0v) is 17.6. The molecule has 0 saturated heterocycles. The summed E-state index contributed by atoms with van der Waals surface area (Å²) in [4.78, 5) is 20.1. The molecule has 0 aliphatic carbocycles. The molecule has 0 bridgehead atoms. The van der Waals surface area contributed by atoms with Crippen LogP contribution in [0.25, 0.3) is 20.8 Å². The predicted molar refractivity (Wildman–Crippen MR) is 112 cm³/mol. The van der Waals surface area contributed by atoms with Gasteiger partial charge in [-0.15, -0.1) is 22.7 Å². The van der Waals surface area contributed by atoms with Crippen molar-refractivity contribution >= 4 is 44.0 Å². The Morgan fingerprint density at radius 2 is 2.07 bits per heavy atom. The third-order valence-corrected chi connectivity index (χ3v) is 6.59. The first-order valence-electron chi connectivity index (χ1n) is 8.97. The molecule has 4 rings (SSSR count). The lowest BCUT2D eigenvalue weighted by Crippen LogP contribution is -2.39. The Labute approximate surface area is 166 Å². The average molecular weight is 402 g/mol. The molecule has 5 nitrogen and oxygen atoms in total. The second kappa shape index (κ2) is 6.49. The van der Waals surface area contributed by atoms with Crippen LogP contribution in [-0.4, -0.2) is 28.1 Å². The molecule has 1 aromatic carbocycles. The number of nitrogens with zero attached hydrogens (tertiary/aromatic N) is 2. The Morgan fingerprint density at radius 3 is 2.81 bits per heavy atom. The fraction of sp³-hybridized carbons (Fsp3) is 0.400. The molecule has 2 N–H and O–H groups in total. The van der Waals surface area contributed by atoms with Crippen molar-refractivity contribution in [1.29, 1.82) is 0 Å². The van der Waals surface area contributed by atoms with E-state index in [1.165, 1.54) is 15.8 Å². The maximum Gasteiger partial charge on any atom is 0.410 e. The minimum absolute atomic E-state index is 0.267. The number of aryl methyl sites for hydroxylation is 1. The summed E-state index contributed by atoms with van der Waals surface area (Å²) in [6.45, 7) is 8.91. The van der Waals surface area contributed by atoms with Crippen LogP contribution in [0.15, 0.2) is 18.2 Å². The van der Waals surface area contributed by atoms with E-state index in [1.807, 2.05) is 20.8 Å². The van der Waals surface area contributed by atoms with Crippen molar-refractivity contribution in [3.05, 3.63) is 34.2 Å². The van der Waals surface area contributed by atoms with E-state index in [-0.39, 0.29) is 6.09 Å². The lowest BCUT2D eigenvalue weighted by atomic mass is 10.0. The van der Waals surface area contributed by atoms with Gasteiger partial charge in [-0.3, -0.25) is 0 Å². The monoisotopic (exact) mass is 401 g/mol. The summed E-state index contributed by atoms with van der Waals surface area (Å²) in [5.74, 6) is 0. The fourth-order valence-corrected chi connectivity index (χ4v) is 5.52. The van der Waals surface area contributed by atoms with E-state index in [9.17, 15) is 4.79 Å². The fourth-order valence-electron chi connectivity index (χ4n) is 3.29. The number of nitrogens with two attached hydrogens (primary N) is 1. The summed E-state index contributed by atoms with van der Waals surface area (Å²) in [5, 5.41) is 1.75. The molecule has 1 aliphatic rings. The molecule has 27 heavy (non-hydrogen) atoms. The van der Waals surface area contributed by atoms with Crippen LogP contribution in [0.4, 0.5) is 9.80 Å². The van der Waals surface area contributed by atoms with Crippen LogP contribution in [-0.2, 0) is 17.7 Å². The first-order valence-corrected chi connectivity index (χ1v) is 10.6. The molecule has 0 radical (unpaired) electrons. The van der Waals surface area contributed by atoms with E-state index in [2.05, 4.69) is 25.1 Å². The summed E-state index contributed by atoms with van der Waals surface area (Å²) in [7, 11) is 0. The topological polar surface area (TPSA) is 68.5 Å². The Bertz CT molecular complexity index is 1030. The van der Waals surface area contributed by atoms with Gasteiger partial charge in [0, 0.05) is 17.0 Å². The number of carbonyl (C=O) groups excluding carboxylic acids is 1. The number of rotatable bonds is 1. The van der Waals surface area contributed by atoms with Crippen molar-refractivity contribution in [2.45, 2.75) is 46.3 Å². The minimum atomic E-state index is -0.490. The number of fused-ring (bicyclic) bond motifs is 2. The van der Waals surface area contributed by atoms with Gasteiger partial charge in [-0.05, 0) is 57.4 Å². The summed E-state index contributed by atoms with van der Waals surface area (Å²) < 4.78 is 6.68. The molecular weight excluding hydrogens is 378 g/mol. The van der Waals surface area contributed by atoms with E-state index in [0.29, 0.717) is 13.1 Å². The van der Waals surface area contributed by atoms with E-state index in [4.69, 9.17) is 15.5 Å². The van der Waals surface area contributed by atoms with Gasteiger partial charge in [0.1, 0.15) is 10.6 Å². The number of benzene rings is 1. The first-order chi connectivity index (χ1) is 12.7. The highest BCUT2D eigenvalue weighted by Crippen LogP contribution is 2.44. The van der Waals surface area contributed by atoms with E-state index >= 15 is 0 Å². The molecule has 7 heteroatoms. The maximum absolute atomic E-state index is 12.4. The van der Waals surface area contributed by atoms with Crippen molar-refractivity contribution in [3.63, 3.8) is 0 Å². The van der Waals surface area contributed by atoms with Crippen molar-refractivity contribution < 1.29 is 9.53 Å². The average Bonchev–Trinajstić information content (AvgIpc) is 3.11. The Morgan fingerprint density at radius 1 is 1.30 bits per heavy atom. The van der Waals surface area contributed by atoms with Crippen LogP contribution < -0.4 is 5.73 Å². The van der Waals surface area contributed by atoms with Gasteiger partial charge in [0.15, 0.2) is 0 Å². The van der Waals surface area contributed by atoms with Crippen molar-refractivity contribution in [2.24, 2.45) is 0 Å². The van der Waals surface area contributed by atoms with Crippen LogP contribution in [0.1, 0.15) is 36.8 Å². The summed E-state index contributed by atoms with van der Waals surface area (Å²) >= 11 is 3.23. The van der Waals surface area contributed by atoms with Gasteiger partial charge in [0.05, 0.1) is 21.8 Å². The quantitative estimate of drug-likeness (QED) is 0.608. The normalized spacial score (nSPS) is 14.4. The molecule has 0 spiro atoms. The lowest BCUT2D eigenvalue weighted by molar-refractivity contribution is 0.0227. The van der Waals surface area contributed by atoms with Gasteiger partial charge in [-0.1, -0.05) is 6.07 Å². The predicted octanol–water partition coefficient (Wildman–Crippen LogP) is 5.21. The van der Waals surface area contributed by atoms with Gasteiger partial charge in [0.25, 0.3) is 0 Å². The Hall–Kier alpha value is -2.12.